The number of carbonyl (C=O) groups excluding carboxylic acids is 2. The van der Waals surface area contributed by atoms with Gasteiger partial charge in [-0.1, -0.05) is 6.07 Å². The number of aryl methyl sites for hydroxylation is 3. The minimum Gasteiger partial charge on any atom is -0.372 e. The van der Waals surface area contributed by atoms with E-state index in [2.05, 4.69) is 20.6 Å². The van der Waals surface area contributed by atoms with E-state index in [9.17, 15) is 9.59 Å². The van der Waals surface area contributed by atoms with Crippen LogP contribution in [0.25, 0.3) is 0 Å². The van der Waals surface area contributed by atoms with Crippen LogP contribution in [0.3, 0.4) is 0 Å². The fourth-order valence-corrected chi connectivity index (χ4v) is 3.42. The SMILES string of the molecule is COC(C)C(=O)Nc1cc(C(=O)NCc2nc(C)c3c(n2)CCCC3)ccc1C. The Balaban J connectivity index is 1.69. The summed E-state index contributed by atoms with van der Waals surface area (Å²) >= 11 is 0. The van der Waals surface area contributed by atoms with Crippen LogP contribution in [-0.2, 0) is 28.9 Å². The molecule has 2 N–H and O–H groups in total. The maximum absolute atomic E-state index is 12.6. The fraction of sp³-hybridized carbons (Fsp3) is 0.455. The lowest BCUT2D eigenvalue weighted by atomic mass is 9.95. The smallest absolute Gasteiger partial charge is 0.253 e. The van der Waals surface area contributed by atoms with Gasteiger partial charge in [-0.3, -0.25) is 9.59 Å². The quantitative estimate of drug-likeness (QED) is 0.783. The number of aromatic nitrogens is 2. The molecule has 0 saturated carbocycles. The molecule has 1 atom stereocenters. The Hall–Kier alpha value is -2.80. The van der Waals surface area contributed by atoms with Crippen LogP contribution in [-0.4, -0.2) is 35.0 Å². The number of amides is 2. The number of anilines is 1. The Labute approximate surface area is 171 Å². The second-order valence-corrected chi connectivity index (χ2v) is 7.44. The van der Waals surface area contributed by atoms with Gasteiger partial charge in [0.05, 0.1) is 6.54 Å². The van der Waals surface area contributed by atoms with Gasteiger partial charge in [0.2, 0.25) is 0 Å². The van der Waals surface area contributed by atoms with Gasteiger partial charge in [0.15, 0.2) is 0 Å². The van der Waals surface area contributed by atoms with Crippen molar-refractivity contribution in [2.45, 2.75) is 59.1 Å². The van der Waals surface area contributed by atoms with Gasteiger partial charge in [-0.15, -0.1) is 0 Å². The van der Waals surface area contributed by atoms with Crippen molar-refractivity contribution in [3.8, 4) is 0 Å². The summed E-state index contributed by atoms with van der Waals surface area (Å²) in [5, 5.41) is 5.68. The van der Waals surface area contributed by atoms with Gasteiger partial charge >= 0.3 is 0 Å². The summed E-state index contributed by atoms with van der Waals surface area (Å²) in [7, 11) is 1.48. The summed E-state index contributed by atoms with van der Waals surface area (Å²) in [5.74, 6) is 0.136. The summed E-state index contributed by atoms with van der Waals surface area (Å²) in [6, 6.07) is 5.21. The molecule has 7 heteroatoms. The molecule has 0 radical (unpaired) electrons. The Morgan fingerprint density at radius 1 is 1.17 bits per heavy atom. The van der Waals surface area contributed by atoms with Crippen molar-refractivity contribution in [3.05, 3.63) is 52.1 Å². The lowest BCUT2D eigenvalue weighted by molar-refractivity contribution is -0.124. The van der Waals surface area contributed by atoms with Gasteiger partial charge in [0, 0.05) is 29.7 Å². The monoisotopic (exact) mass is 396 g/mol. The standard InChI is InChI=1S/C22H28N4O3/c1-13-9-10-16(11-19(13)26-21(27)15(3)29-4)22(28)23-12-20-24-14(2)17-7-5-6-8-18(17)25-20/h9-11,15H,5-8,12H2,1-4H3,(H,23,28)(H,26,27). The molecule has 1 heterocycles. The summed E-state index contributed by atoms with van der Waals surface area (Å²) in [6.45, 7) is 5.82. The van der Waals surface area contributed by atoms with Crippen molar-refractivity contribution in [3.63, 3.8) is 0 Å². The molecule has 29 heavy (non-hydrogen) atoms. The minimum absolute atomic E-state index is 0.237. The van der Waals surface area contributed by atoms with E-state index in [1.807, 2.05) is 19.9 Å². The Kier molecular flexibility index (Phi) is 6.59. The third-order valence-electron chi connectivity index (χ3n) is 5.32. The minimum atomic E-state index is -0.573. The van der Waals surface area contributed by atoms with Gasteiger partial charge in [0.1, 0.15) is 11.9 Å². The number of hydrogen-bond acceptors (Lipinski definition) is 5. The van der Waals surface area contributed by atoms with E-state index in [4.69, 9.17) is 4.74 Å². The van der Waals surface area contributed by atoms with E-state index in [-0.39, 0.29) is 18.4 Å². The summed E-state index contributed by atoms with van der Waals surface area (Å²) < 4.78 is 5.03. The number of rotatable bonds is 6. The van der Waals surface area contributed by atoms with Gasteiger partial charge < -0.3 is 15.4 Å². The van der Waals surface area contributed by atoms with E-state index in [1.165, 1.54) is 19.1 Å². The molecule has 2 amide bonds. The molecule has 0 saturated heterocycles. The average molecular weight is 396 g/mol. The van der Waals surface area contributed by atoms with Gasteiger partial charge in [-0.25, -0.2) is 9.97 Å². The highest BCUT2D eigenvalue weighted by atomic mass is 16.5. The number of ether oxygens (including phenoxy) is 1. The largest absolute Gasteiger partial charge is 0.372 e. The second-order valence-electron chi connectivity index (χ2n) is 7.44. The van der Waals surface area contributed by atoms with Crippen LogP contribution in [0.5, 0.6) is 0 Å². The molecular formula is C22H28N4O3. The van der Waals surface area contributed by atoms with Gasteiger partial charge in [-0.2, -0.15) is 0 Å². The van der Waals surface area contributed by atoms with Crippen LogP contribution in [0, 0.1) is 13.8 Å². The Morgan fingerprint density at radius 2 is 1.93 bits per heavy atom. The predicted molar refractivity (Wildman–Crippen MR) is 111 cm³/mol. The van der Waals surface area contributed by atoms with Crippen LogP contribution in [0.1, 0.15) is 58.5 Å². The molecule has 7 nitrogen and oxygen atoms in total. The molecule has 1 aromatic carbocycles. The molecular weight excluding hydrogens is 368 g/mol. The van der Waals surface area contributed by atoms with Crippen LogP contribution >= 0.6 is 0 Å². The fourth-order valence-electron chi connectivity index (χ4n) is 3.42. The topological polar surface area (TPSA) is 93.2 Å². The van der Waals surface area contributed by atoms with Gasteiger partial charge in [0.25, 0.3) is 11.8 Å². The molecule has 0 spiro atoms. The molecule has 1 aliphatic carbocycles. The molecule has 0 bridgehead atoms. The summed E-state index contributed by atoms with van der Waals surface area (Å²) in [6.07, 6.45) is 3.77. The zero-order valence-corrected chi connectivity index (χ0v) is 17.5. The van der Waals surface area contributed by atoms with Crippen LogP contribution < -0.4 is 10.6 Å². The average Bonchev–Trinajstić information content (AvgIpc) is 2.73. The first-order valence-electron chi connectivity index (χ1n) is 9.96. The van der Waals surface area contributed by atoms with E-state index in [1.54, 1.807) is 19.1 Å². The molecule has 1 aromatic heterocycles. The van der Waals surface area contributed by atoms with Crippen LogP contribution in [0.4, 0.5) is 5.69 Å². The number of methoxy groups -OCH3 is 1. The van der Waals surface area contributed by atoms with Crippen molar-refractivity contribution in [2.24, 2.45) is 0 Å². The molecule has 1 aliphatic rings. The first-order chi connectivity index (χ1) is 13.9. The lowest BCUT2D eigenvalue weighted by Gasteiger charge is -2.17. The van der Waals surface area contributed by atoms with Crippen molar-refractivity contribution >= 4 is 17.5 Å². The van der Waals surface area contributed by atoms with E-state index >= 15 is 0 Å². The summed E-state index contributed by atoms with van der Waals surface area (Å²) in [4.78, 5) is 33.9. The molecule has 154 valence electrons. The first kappa shape index (κ1) is 20.9. The lowest BCUT2D eigenvalue weighted by Crippen LogP contribution is -2.28. The van der Waals surface area contributed by atoms with E-state index < -0.39 is 6.10 Å². The zero-order valence-electron chi connectivity index (χ0n) is 17.5. The van der Waals surface area contributed by atoms with Crippen molar-refractivity contribution in [1.82, 2.24) is 15.3 Å². The third-order valence-corrected chi connectivity index (χ3v) is 5.32. The second kappa shape index (κ2) is 9.13. The number of fused-ring (bicyclic) bond motifs is 1. The highest BCUT2D eigenvalue weighted by Gasteiger charge is 2.17. The molecule has 1 unspecified atom stereocenters. The number of nitrogens with one attached hydrogen (secondary N) is 2. The van der Waals surface area contributed by atoms with E-state index in [0.717, 1.165) is 36.2 Å². The summed E-state index contributed by atoms with van der Waals surface area (Å²) in [5.41, 5.74) is 5.30. The number of nitrogens with zero attached hydrogens (tertiary/aromatic N) is 2. The number of carbonyl (C=O) groups is 2. The number of benzene rings is 1. The number of hydrogen-bond donors (Lipinski definition) is 2. The molecule has 3 rings (SSSR count). The van der Waals surface area contributed by atoms with E-state index in [0.29, 0.717) is 17.1 Å². The highest BCUT2D eigenvalue weighted by molar-refractivity contribution is 5.98. The Bertz CT molecular complexity index is 927. The molecule has 2 aromatic rings. The Morgan fingerprint density at radius 3 is 2.69 bits per heavy atom. The van der Waals surface area contributed by atoms with Crippen LogP contribution in [0.2, 0.25) is 0 Å². The normalized spacial score (nSPS) is 14.1. The maximum Gasteiger partial charge on any atom is 0.253 e. The zero-order chi connectivity index (χ0) is 21.0. The molecule has 0 aliphatic heterocycles. The van der Waals surface area contributed by atoms with Crippen molar-refractivity contribution in [1.29, 1.82) is 0 Å². The van der Waals surface area contributed by atoms with Crippen LogP contribution in [0.15, 0.2) is 18.2 Å². The van der Waals surface area contributed by atoms with Crippen molar-refractivity contribution < 1.29 is 14.3 Å². The maximum atomic E-state index is 12.6. The van der Waals surface area contributed by atoms with Crippen molar-refractivity contribution in [2.75, 3.05) is 12.4 Å². The highest BCUT2D eigenvalue weighted by Crippen LogP contribution is 2.22. The first-order valence-corrected chi connectivity index (χ1v) is 9.96. The predicted octanol–water partition coefficient (Wildman–Crippen LogP) is 2.88. The van der Waals surface area contributed by atoms with Gasteiger partial charge in [-0.05, 0) is 69.7 Å². The third kappa shape index (κ3) is 4.98. The molecule has 0 fully saturated rings.